The van der Waals surface area contributed by atoms with Crippen molar-refractivity contribution in [2.24, 2.45) is 0 Å². The minimum atomic E-state index is 0.217. The normalized spacial score (nSPS) is 9.89. The minimum absolute atomic E-state index is 0.217. The zero-order valence-electron chi connectivity index (χ0n) is 9.45. The first-order valence-electron chi connectivity index (χ1n) is 5.10. The first kappa shape index (κ1) is 12.7. The topological polar surface area (TPSA) is 45.9 Å². The monoisotopic (exact) mass is 278 g/mol. The van der Waals surface area contributed by atoms with Crippen molar-refractivity contribution in [1.82, 2.24) is 4.98 Å². The number of benzene rings is 1. The van der Waals surface area contributed by atoms with E-state index in [4.69, 9.17) is 33.2 Å². The summed E-state index contributed by atoms with van der Waals surface area (Å²) in [4.78, 5) is 3.99. The Morgan fingerprint density at radius 3 is 2.67 bits per heavy atom. The van der Waals surface area contributed by atoms with Gasteiger partial charge in [-0.25, -0.2) is 4.98 Å². The summed E-state index contributed by atoms with van der Waals surface area (Å²) in [5, 5.41) is 9.71. The van der Waals surface area contributed by atoms with Crippen molar-refractivity contribution in [3.8, 4) is 17.7 Å². The maximum atomic E-state index is 8.82. The third kappa shape index (κ3) is 2.92. The first-order valence-corrected chi connectivity index (χ1v) is 5.86. The number of aromatic nitrogens is 1. The Balaban J connectivity index is 2.31. The molecule has 0 unspecified atom stereocenters. The second-order valence-electron chi connectivity index (χ2n) is 3.64. The molecule has 0 amide bonds. The van der Waals surface area contributed by atoms with E-state index in [1.807, 2.05) is 13.0 Å². The fraction of sp³-hybridized carbons (Fsp3) is 0.0769. The van der Waals surface area contributed by atoms with Gasteiger partial charge in [-0.1, -0.05) is 23.2 Å². The van der Waals surface area contributed by atoms with Crippen molar-refractivity contribution in [3.05, 3.63) is 51.6 Å². The summed E-state index contributed by atoms with van der Waals surface area (Å²) in [6, 6.07) is 10.2. The van der Waals surface area contributed by atoms with Crippen LogP contribution in [-0.2, 0) is 0 Å². The second kappa shape index (κ2) is 5.26. The molecule has 1 aromatic heterocycles. The highest BCUT2D eigenvalue weighted by molar-refractivity contribution is 6.31. The van der Waals surface area contributed by atoms with Crippen molar-refractivity contribution < 1.29 is 4.74 Å². The number of nitrogens with zero attached hydrogens (tertiary/aromatic N) is 2. The van der Waals surface area contributed by atoms with Crippen LogP contribution in [0.3, 0.4) is 0 Å². The molecule has 0 fully saturated rings. The highest BCUT2D eigenvalue weighted by Gasteiger charge is 2.05. The maximum absolute atomic E-state index is 8.82. The highest BCUT2D eigenvalue weighted by atomic mass is 35.5. The van der Waals surface area contributed by atoms with Gasteiger partial charge >= 0.3 is 0 Å². The first-order chi connectivity index (χ1) is 8.58. The molecule has 5 heteroatoms. The van der Waals surface area contributed by atoms with Crippen molar-refractivity contribution in [1.29, 1.82) is 5.26 Å². The molecular weight excluding hydrogens is 271 g/mol. The van der Waals surface area contributed by atoms with E-state index in [1.54, 1.807) is 18.2 Å². The standard InChI is InChI=1S/C13H8Cl2N2O/c1-8-4-10(2-3-11(8)14)18-13-6-9(7-16)5-12(15)17-13/h2-6H,1H3. The van der Waals surface area contributed by atoms with E-state index in [9.17, 15) is 0 Å². The number of rotatable bonds is 2. The summed E-state index contributed by atoms with van der Waals surface area (Å²) in [6.07, 6.45) is 0. The van der Waals surface area contributed by atoms with Gasteiger partial charge in [0.15, 0.2) is 0 Å². The number of nitriles is 1. The van der Waals surface area contributed by atoms with Gasteiger partial charge < -0.3 is 4.74 Å². The molecule has 18 heavy (non-hydrogen) atoms. The molecule has 1 aromatic carbocycles. The molecule has 1 heterocycles. The Hall–Kier alpha value is -1.76. The minimum Gasteiger partial charge on any atom is -0.439 e. The van der Waals surface area contributed by atoms with Crippen LogP contribution in [0.25, 0.3) is 0 Å². The average Bonchev–Trinajstić information content (AvgIpc) is 2.33. The van der Waals surface area contributed by atoms with Gasteiger partial charge in [0, 0.05) is 11.1 Å². The molecule has 0 aliphatic rings. The van der Waals surface area contributed by atoms with Gasteiger partial charge in [0.05, 0.1) is 11.6 Å². The summed E-state index contributed by atoms with van der Waals surface area (Å²) >= 11 is 11.7. The molecule has 0 saturated carbocycles. The van der Waals surface area contributed by atoms with Crippen LogP contribution < -0.4 is 4.74 Å². The van der Waals surface area contributed by atoms with Crippen LogP contribution in [0.5, 0.6) is 11.6 Å². The van der Waals surface area contributed by atoms with E-state index in [0.29, 0.717) is 16.3 Å². The van der Waals surface area contributed by atoms with E-state index in [0.717, 1.165) is 5.56 Å². The zero-order chi connectivity index (χ0) is 13.1. The quantitative estimate of drug-likeness (QED) is 0.767. The lowest BCUT2D eigenvalue weighted by Crippen LogP contribution is -1.90. The average molecular weight is 279 g/mol. The number of aryl methyl sites for hydroxylation is 1. The molecule has 0 bridgehead atoms. The van der Waals surface area contributed by atoms with Crippen LogP contribution in [0.1, 0.15) is 11.1 Å². The molecule has 0 radical (unpaired) electrons. The fourth-order valence-electron chi connectivity index (χ4n) is 1.39. The number of ether oxygens (including phenoxy) is 1. The lowest BCUT2D eigenvalue weighted by atomic mass is 10.2. The molecule has 0 spiro atoms. The predicted octanol–water partition coefficient (Wildman–Crippen LogP) is 4.36. The van der Waals surface area contributed by atoms with Crippen LogP contribution in [-0.4, -0.2) is 4.98 Å². The molecule has 90 valence electrons. The molecule has 0 aliphatic heterocycles. The van der Waals surface area contributed by atoms with Gasteiger partial charge in [0.25, 0.3) is 0 Å². The van der Waals surface area contributed by atoms with Crippen LogP contribution >= 0.6 is 23.2 Å². The van der Waals surface area contributed by atoms with Crippen LogP contribution in [0.4, 0.5) is 0 Å². The van der Waals surface area contributed by atoms with E-state index in [-0.39, 0.29) is 11.0 Å². The Kier molecular flexibility index (Phi) is 3.71. The summed E-state index contributed by atoms with van der Waals surface area (Å²) in [7, 11) is 0. The molecule has 0 aliphatic carbocycles. The largest absolute Gasteiger partial charge is 0.439 e. The van der Waals surface area contributed by atoms with E-state index in [1.165, 1.54) is 12.1 Å². The van der Waals surface area contributed by atoms with Gasteiger partial charge in [-0.05, 0) is 36.8 Å². The van der Waals surface area contributed by atoms with Crippen molar-refractivity contribution in [2.75, 3.05) is 0 Å². The van der Waals surface area contributed by atoms with Crippen LogP contribution in [0.2, 0.25) is 10.2 Å². The highest BCUT2D eigenvalue weighted by Crippen LogP contribution is 2.26. The Morgan fingerprint density at radius 2 is 2.00 bits per heavy atom. The summed E-state index contributed by atoms with van der Waals surface area (Å²) in [6.45, 7) is 1.88. The lowest BCUT2D eigenvalue weighted by molar-refractivity contribution is 0.462. The number of halogens is 2. The van der Waals surface area contributed by atoms with Gasteiger partial charge in [0.1, 0.15) is 10.9 Å². The van der Waals surface area contributed by atoms with Gasteiger partial charge in [0.2, 0.25) is 5.88 Å². The van der Waals surface area contributed by atoms with Crippen molar-refractivity contribution >= 4 is 23.2 Å². The third-order valence-electron chi connectivity index (χ3n) is 2.25. The maximum Gasteiger partial charge on any atom is 0.221 e. The molecular formula is C13H8Cl2N2O. The summed E-state index contributed by atoms with van der Waals surface area (Å²) in [5.74, 6) is 0.872. The Morgan fingerprint density at radius 1 is 1.22 bits per heavy atom. The summed E-state index contributed by atoms with van der Waals surface area (Å²) < 4.78 is 5.53. The number of hydrogen-bond donors (Lipinski definition) is 0. The fourth-order valence-corrected chi connectivity index (χ4v) is 1.71. The van der Waals surface area contributed by atoms with Crippen molar-refractivity contribution in [3.63, 3.8) is 0 Å². The van der Waals surface area contributed by atoms with Gasteiger partial charge in [-0.2, -0.15) is 5.26 Å². The van der Waals surface area contributed by atoms with Crippen LogP contribution in [0.15, 0.2) is 30.3 Å². The van der Waals surface area contributed by atoms with Gasteiger partial charge in [-0.15, -0.1) is 0 Å². The number of hydrogen-bond acceptors (Lipinski definition) is 3. The second-order valence-corrected chi connectivity index (χ2v) is 4.44. The zero-order valence-corrected chi connectivity index (χ0v) is 11.0. The smallest absolute Gasteiger partial charge is 0.221 e. The van der Waals surface area contributed by atoms with E-state index in [2.05, 4.69) is 4.98 Å². The molecule has 2 rings (SSSR count). The third-order valence-corrected chi connectivity index (χ3v) is 2.87. The Labute approximate surface area is 115 Å². The van der Waals surface area contributed by atoms with Crippen molar-refractivity contribution in [2.45, 2.75) is 6.92 Å². The molecule has 3 nitrogen and oxygen atoms in total. The van der Waals surface area contributed by atoms with Gasteiger partial charge in [-0.3, -0.25) is 0 Å². The number of pyridine rings is 1. The Bertz CT molecular complexity index is 635. The summed E-state index contributed by atoms with van der Waals surface area (Å²) in [5.41, 5.74) is 1.30. The molecule has 0 atom stereocenters. The van der Waals surface area contributed by atoms with Crippen LogP contribution in [0, 0.1) is 18.3 Å². The van der Waals surface area contributed by atoms with E-state index >= 15 is 0 Å². The molecule has 0 saturated heterocycles. The molecule has 2 aromatic rings. The molecule has 0 N–H and O–H groups in total. The predicted molar refractivity (Wildman–Crippen MR) is 70.2 cm³/mol. The van der Waals surface area contributed by atoms with E-state index < -0.39 is 0 Å². The lowest BCUT2D eigenvalue weighted by Gasteiger charge is -2.07. The SMILES string of the molecule is Cc1cc(Oc2cc(C#N)cc(Cl)n2)ccc1Cl.